The summed E-state index contributed by atoms with van der Waals surface area (Å²) in [5.41, 5.74) is 4.55. The molecule has 0 fully saturated rings. The van der Waals surface area contributed by atoms with Crippen LogP contribution in [0.15, 0.2) is 55.1 Å². The molecule has 8 nitrogen and oxygen atoms in total. The van der Waals surface area contributed by atoms with Gasteiger partial charge in [0.25, 0.3) is 5.91 Å². The maximum Gasteiger partial charge on any atom is 0.255 e. The van der Waals surface area contributed by atoms with Crippen LogP contribution in [0.2, 0.25) is 0 Å². The van der Waals surface area contributed by atoms with Gasteiger partial charge < -0.3 is 10.1 Å². The highest BCUT2D eigenvalue weighted by Crippen LogP contribution is 2.25. The fraction of sp³-hybridized carbons (Fsp3) is 0.208. The number of carbonyl (C=O) groups excluding carboxylic acids is 2. The lowest BCUT2D eigenvalue weighted by Crippen LogP contribution is -2.32. The molecule has 4 aromatic rings. The first kappa shape index (κ1) is 21.2. The molecule has 2 aromatic heterocycles. The second-order valence-electron chi connectivity index (χ2n) is 7.59. The van der Waals surface area contributed by atoms with Crippen LogP contribution >= 0.6 is 0 Å². The number of amides is 1. The van der Waals surface area contributed by atoms with E-state index in [0.29, 0.717) is 33.9 Å². The molecule has 0 radical (unpaired) electrons. The predicted molar refractivity (Wildman–Crippen MR) is 121 cm³/mol. The van der Waals surface area contributed by atoms with Crippen LogP contribution < -0.4 is 10.1 Å². The number of carbonyl (C=O) groups is 2. The largest absolute Gasteiger partial charge is 0.497 e. The van der Waals surface area contributed by atoms with Crippen LogP contribution in [0.5, 0.6) is 5.75 Å². The van der Waals surface area contributed by atoms with Crippen LogP contribution in [-0.2, 0) is 4.79 Å². The van der Waals surface area contributed by atoms with Crippen LogP contribution in [0.25, 0.3) is 11.2 Å². The molecule has 0 aliphatic carbocycles. The van der Waals surface area contributed by atoms with Crippen molar-refractivity contribution in [1.82, 2.24) is 19.5 Å². The summed E-state index contributed by atoms with van der Waals surface area (Å²) in [5, 5.41) is 2.92. The molecule has 1 atom stereocenters. The summed E-state index contributed by atoms with van der Waals surface area (Å²) in [7, 11) is 1.55. The van der Waals surface area contributed by atoms with E-state index in [1.165, 1.54) is 17.2 Å². The number of benzene rings is 2. The van der Waals surface area contributed by atoms with Gasteiger partial charge in [-0.15, -0.1) is 0 Å². The highest BCUT2D eigenvalue weighted by atomic mass is 16.5. The molecule has 2 aromatic carbocycles. The number of nitrogens with one attached hydrogen (secondary N) is 1. The first-order valence-corrected chi connectivity index (χ1v) is 10.1. The molecular weight excluding hydrogens is 406 g/mol. The molecule has 1 unspecified atom stereocenters. The van der Waals surface area contributed by atoms with E-state index in [4.69, 9.17) is 4.74 Å². The van der Waals surface area contributed by atoms with Crippen molar-refractivity contribution in [2.75, 3.05) is 12.4 Å². The zero-order valence-electron chi connectivity index (χ0n) is 18.3. The molecule has 4 rings (SSSR count). The van der Waals surface area contributed by atoms with Crippen molar-refractivity contribution in [2.45, 2.75) is 26.8 Å². The lowest BCUT2D eigenvalue weighted by molar-refractivity contribution is -0.118. The lowest BCUT2D eigenvalue weighted by Gasteiger charge is -2.19. The number of nitrogens with zero attached hydrogens (tertiary/aromatic N) is 4. The SMILES string of the molecule is COc1ccc(C(=O)C(C(=O)Nc2cc(C)ccc2C)n2cnc3c(C)ncnc32)cc1. The lowest BCUT2D eigenvalue weighted by atomic mass is 10.0. The fourth-order valence-corrected chi connectivity index (χ4v) is 3.51. The van der Waals surface area contributed by atoms with E-state index in [9.17, 15) is 9.59 Å². The highest BCUT2D eigenvalue weighted by molar-refractivity contribution is 6.16. The molecule has 162 valence electrons. The normalized spacial score (nSPS) is 11.9. The van der Waals surface area contributed by atoms with Crippen LogP contribution in [-0.4, -0.2) is 38.3 Å². The van der Waals surface area contributed by atoms with Gasteiger partial charge in [0.15, 0.2) is 17.5 Å². The van der Waals surface area contributed by atoms with Gasteiger partial charge in [-0.1, -0.05) is 12.1 Å². The minimum atomic E-state index is -1.21. The second kappa shape index (κ2) is 8.58. The Morgan fingerprint density at radius 1 is 1.00 bits per heavy atom. The smallest absolute Gasteiger partial charge is 0.255 e. The van der Waals surface area contributed by atoms with Gasteiger partial charge in [0.2, 0.25) is 0 Å². The molecule has 8 heteroatoms. The number of ether oxygens (including phenoxy) is 1. The third-order valence-corrected chi connectivity index (χ3v) is 5.34. The summed E-state index contributed by atoms with van der Waals surface area (Å²) >= 11 is 0. The second-order valence-corrected chi connectivity index (χ2v) is 7.59. The summed E-state index contributed by atoms with van der Waals surface area (Å²) in [4.78, 5) is 39.8. The van der Waals surface area contributed by atoms with Crippen molar-refractivity contribution in [3.05, 3.63) is 77.5 Å². The average molecular weight is 429 g/mol. The molecule has 0 aliphatic heterocycles. The Morgan fingerprint density at radius 3 is 2.47 bits per heavy atom. The monoisotopic (exact) mass is 429 g/mol. The molecule has 2 heterocycles. The Morgan fingerprint density at radius 2 is 1.75 bits per heavy atom. The Balaban J connectivity index is 1.79. The number of imidazole rings is 1. The van der Waals surface area contributed by atoms with Crippen LogP contribution in [0.4, 0.5) is 5.69 Å². The van der Waals surface area contributed by atoms with Crippen molar-refractivity contribution in [1.29, 1.82) is 0 Å². The van der Waals surface area contributed by atoms with Crippen molar-refractivity contribution in [2.24, 2.45) is 0 Å². The van der Waals surface area contributed by atoms with E-state index in [-0.39, 0.29) is 5.78 Å². The van der Waals surface area contributed by atoms with Crippen LogP contribution in [0.1, 0.15) is 33.2 Å². The molecule has 0 saturated heterocycles. The molecule has 0 saturated carbocycles. The van der Waals surface area contributed by atoms with Crippen molar-refractivity contribution in [3.8, 4) is 5.75 Å². The van der Waals surface area contributed by atoms with Gasteiger partial charge in [0.1, 0.15) is 17.6 Å². The third-order valence-electron chi connectivity index (χ3n) is 5.34. The molecule has 0 bridgehead atoms. The van der Waals surface area contributed by atoms with Crippen molar-refractivity contribution in [3.63, 3.8) is 0 Å². The Bertz CT molecular complexity index is 1310. The maximum absolute atomic E-state index is 13.6. The summed E-state index contributed by atoms with van der Waals surface area (Å²) in [6.45, 7) is 5.65. The number of Topliss-reactive ketones (excluding diaryl/α,β-unsaturated/α-hetero) is 1. The topological polar surface area (TPSA) is 99.0 Å². The molecular formula is C24H23N5O3. The standard InChI is InChI=1S/C24H23N5O3/c1-14-5-6-15(2)19(11-14)28-24(31)21(22(30)17-7-9-18(32-4)10-8-17)29-13-27-20-16(3)25-12-26-23(20)29/h5-13,21H,1-4H3,(H,28,31). The molecule has 1 N–H and O–H groups in total. The Hall–Kier alpha value is -4.07. The van der Waals surface area contributed by atoms with Gasteiger partial charge in [-0.2, -0.15) is 0 Å². The Kier molecular flexibility index (Phi) is 5.68. The van der Waals surface area contributed by atoms with E-state index >= 15 is 0 Å². The quantitative estimate of drug-likeness (QED) is 0.369. The maximum atomic E-state index is 13.6. The highest BCUT2D eigenvalue weighted by Gasteiger charge is 2.32. The summed E-state index contributed by atoms with van der Waals surface area (Å²) in [5.74, 6) is -0.240. The van der Waals surface area contributed by atoms with Crippen LogP contribution in [0.3, 0.4) is 0 Å². The number of rotatable bonds is 6. The van der Waals surface area contributed by atoms with Crippen LogP contribution in [0, 0.1) is 20.8 Å². The third kappa shape index (κ3) is 3.94. The zero-order valence-corrected chi connectivity index (χ0v) is 18.3. The number of aryl methyl sites for hydroxylation is 3. The van der Waals surface area contributed by atoms with Gasteiger partial charge in [0, 0.05) is 11.3 Å². The predicted octanol–water partition coefficient (Wildman–Crippen LogP) is 3.82. The first-order valence-electron chi connectivity index (χ1n) is 10.1. The molecule has 0 spiro atoms. The first-order chi connectivity index (χ1) is 15.4. The average Bonchev–Trinajstić information content (AvgIpc) is 3.21. The van der Waals surface area contributed by atoms with E-state index < -0.39 is 11.9 Å². The van der Waals surface area contributed by atoms with E-state index in [1.54, 1.807) is 38.3 Å². The van der Waals surface area contributed by atoms with E-state index in [0.717, 1.165) is 11.1 Å². The summed E-state index contributed by atoms with van der Waals surface area (Å²) in [6, 6.07) is 11.2. The molecule has 32 heavy (non-hydrogen) atoms. The van der Waals surface area contributed by atoms with Crippen molar-refractivity contribution < 1.29 is 14.3 Å². The van der Waals surface area contributed by atoms with Gasteiger partial charge in [-0.3, -0.25) is 14.2 Å². The molecule has 1 amide bonds. The number of ketones is 1. The van der Waals surface area contributed by atoms with Gasteiger partial charge in [0.05, 0.1) is 19.1 Å². The number of anilines is 1. The van der Waals surface area contributed by atoms with E-state index in [2.05, 4.69) is 20.3 Å². The van der Waals surface area contributed by atoms with Gasteiger partial charge >= 0.3 is 0 Å². The van der Waals surface area contributed by atoms with E-state index in [1.807, 2.05) is 32.0 Å². The number of fused-ring (bicyclic) bond motifs is 1. The number of hydrogen-bond acceptors (Lipinski definition) is 6. The van der Waals surface area contributed by atoms with Crippen molar-refractivity contribution >= 4 is 28.5 Å². The molecule has 0 aliphatic rings. The minimum Gasteiger partial charge on any atom is -0.497 e. The number of hydrogen-bond donors (Lipinski definition) is 1. The zero-order chi connectivity index (χ0) is 22.8. The van der Waals surface area contributed by atoms with Gasteiger partial charge in [-0.05, 0) is 62.2 Å². The number of methoxy groups -OCH3 is 1. The number of aromatic nitrogens is 4. The minimum absolute atomic E-state index is 0.375. The van der Waals surface area contributed by atoms with Gasteiger partial charge in [-0.25, -0.2) is 15.0 Å². The summed E-state index contributed by atoms with van der Waals surface area (Å²) < 4.78 is 6.68. The fourth-order valence-electron chi connectivity index (χ4n) is 3.51. The Labute approximate surface area is 185 Å². The summed E-state index contributed by atoms with van der Waals surface area (Å²) in [6.07, 6.45) is 2.86.